The maximum atomic E-state index is 11.9. The molecule has 1 unspecified atom stereocenters. The molecule has 90 valence electrons. The molecule has 1 fully saturated rings. The van der Waals surface area contributed by atoms with Gasteiger partial charge < -0.3 is 9.72 Å². The predicted molar refractivity (Wildman–Crippen MR) is 66.2 cm³/mol. The second kappa shape index (κ2) is 4.04. The number of H-pyrrole nitrogens is 1. The first-order chi connectivity index (χ1) is 8.24. The van der Waals surface area contributed by atoms with Crippen LogP contribution in [0.25, 0.3) is 11.0 Å². The summed E-state index contributed by atoms with van der Waals surface area (Å²) in [5.41, 5.74) is 3.06. The summed E-state index contributed by atoms with van der Waals surface area (Å²) < 4.78 is 7.18. The first kappa shape index (κ1) is 10.6. The molecular formula is C13H16N2O2. The van der Waals surface area contributed by atoms with E-state index >= 15 is 0 Å². The summed E-state index contributed by atoms with van der Waals surface area (Å²) in [6, 6.07) is 6.06. The van der Waals surface area contributed by atoms with Crippen LogP contribution in [0.2, 0.25) is 0 Å². The summed E-state index contributed by atoms with van der Waals surface area (Å²) in [5, 5.41) is 0. The van der Waals surface area contributed by atoms with Gasteiger partial charge in [0.25, 0.3) is 0 Å². The Bertz CT molecular complexity index is 591. The van der Waals surface area contributed by atoms with Gasteiger partial charge >= 0.3 is 5.69 Å². The van der Waals surface area contributed by atoms with Crippen molar-refractivity contribution in [3.63, 3.8) is 0 Å². The number of aromatic amines is 1. The van der Waals surface area contributed by atoms with Crippen LogP contribution in [0, 0.1) is 12.8 Å². The summed E-state index contributed by atoms with van der Waals surface area (Å²) in [4.78, 5) is 14.8. The van der Waals surface area contributed by atoms with E-state index in [1.807, 2.05) is 29.7 Å². The fourth-order valence-electron chi connectivity index (χ4n) is 2.44. The van der Waals surface area contributed by atoms with E-state index < -0.39 is 0 Å². The highest BCUT2D eigenvalue weighted by atomic mass is 16.5. The lowest BCUT2D eigenvalue weighted by Gasteiger charge is -2.08. The predicted octanol–water partition coefficient (Wildman–Crippen LogP) is 1.67. The van der Waals surface area contributed by atoms with E-state index in [0.717, 1.165) is 42.8 Å². The number of hydrogen-bond donors (Lipinski definition) is 1. The van der Waals surface area contributed by atoms with Crippen molar-refractivity contribution >= 4 is 11.0 Å². The molecule has 0 aliphatic carbocycles. The zero-order chi connectivity index (χ0) is 11.8. The molecule has 0 radical (unpaired) electrons. The molecule has 2 aromatic rings. The number of nitrogens with one attached hydrogen (secondary N) is 1. The summed E-state index contributed by atoms with van der Waals surface area (Å²) in [5.74, 6) is 0.466. The lowest BCUT2D eigenvalue weighted by molar-refractivity contribution is 0.182. The molecule has 1 N–H and O–H groups in total. The SMILES string of the molecule is Cc1ccc2c(c1)[nH]c(=O)n2CC1CCOC1. The zero-order valence-electron chi connectivity index (χ0n) is 9.90. The Balaban J connectivity index is 2.02. The number of aromatic nitrogens is 2. The van der Waals surface area contributed by atoms with Gasteiger partial charge in [0.15, 0.2) is 0 Å². The number of aryl methyl sites for hydroxylation is 1. The quantitative estimate of drug-likeness (QED) is 0.856. The molecule has 2 heterocycles. The first-order valence-corrected chi connectivity index (χ1v) is 6.01. The molecule has 1 saturated heterocycles. The van der Waals surface area contributed by atoms with Crippen molar-refractivity contribution in [3.05, 3.63) is 34.2 Å². The van der Waals surface area contributed by atoms with Crippen LogP contribution in [0.1, 0.15) is 12.0 Å². The van der Waals surface area contributed by atoms with Crippen LogP contribution in [0.15, 0.2) is 23.0 Å². The van der Waals surface area contributed by atoms with Crippen LogP contribution in [-0.4, -0.2) is 22.8 Å². The Kier molecular flexibility index (Phi) is 2.52. The number of ether oxygens (including phenoxy) is 1. The van der Waals surface area contributed by atoms with Crippen molar-refractivity contribution in [3.8, 4) is 0 Å². The van der Waals surface area contributed by atoms with Crippen molar-refractivity contribution in [2.75, 3.05) is 13.2 Å². The fraction of sp³-hybridized carbons (Fsp3) is 0.462. The van der Waals surface area contributed by atoms with Crippen molar-refractivity contribution in [2.45, 2.75) is 19.9 Å². The van der Waals surface area contributed by atoms with Crippen molar-refractivity contribution < 1.29 is 4.74 Å². The van der Waals surface area contributed by atoms with Crippen LogP contribution < -0.4 is 5.69 Å². The summed E-state index contributed by atoms with van der Waals surface area (Å²) in [7, 11) is 0. The Hall–Kier alpha value is -1.55. The van der Waals surface area contributed by atoms with E-state index in [0.29, 0.717) is 5.92 Å². The van der Waals surface area contributed by atoms with Gasteiger partial charge in [0.2, 0.25) is 0 Å². The highest BCUT2D eigenvalue weighted by Crippen LogP contribution is 2.18. The highest BCUT2D eigenvalue weighted by Gasteiger charge is 2.18. The molecule has 1 aliphatic rings. The maximum absolute atomic E-state index is 11.9. The van der Waals surface area contributed by atoms with Gasteiger partial charge in [-0.15, -0.1) is 0 Å². The molecular weight excluding hydrogens is 216 g/mol. The molecule has 1 atom stereocenters. The monoisotopic (exact) mass is 232 g/mol. The average Bonchev–Trinajstić information content (AvgIpc) is 2.88. The lowest BCUT2D eigenvalue weighted by Crippen LogP contribution is -2.21. The third-order valence-corrected chi connectivity index (χ3v) is 3.39. The molecule has 1 aliphatic heterocycles. The third-order valence-electron chi connectivity index (χ3n) is 3.39. The largest absolute Gasteiger partial charge is 0.381 e. The van der Waals surface area contributed by atoms with Gasteiger partial charge in [-0.2, -0.15) is 0 Å². The molecule has 1 aromatic heterocycles. The van der Waals surface area contributed by atoms with Crippen LogP contribution in [0.3, 0.4) is 0 Å². The van der Waals surface area contributed by atoms with E-state index in [2.05, 4.69) is 4.98 Å². The number of rotatable bonds is 2. The minimum absolute atomic E-state index is 0.0162. The van der Waals surface area contributed by atoms with E-state index in [1.165, 1.54) is 0 Å². The smallest absolute Gasteiger partial charge is 0.326 e. The highest BCUT2D eigenvalue weighted by molar-refractivity contribution is 5.75. The molecule has 0 saturated carbocycles. The normalized spacial score (nSPS) is 20.2. The number of hydrogen-bond acceptors (Lipinski definition) is 2. The minimum atomic E-state index is -0.0162. The number of benzene rings is 1. The third kappa shape index (κ3) is 1.89. The van der Waals surface area contributed by atoms with Gasteiger partial charge in [-0.1, -0.05) is 6.07 Å². The minimum Gasteiger partial charge on any atom is -0.381 e. The van der Waals surface area contributed by atoms with E-state index in [9.17, 15) is 4.79 Å². The fourth-order valence-corrected chi connectivity index (χ4v) is 2.44. The van der Waals surface area contributed by atoms with Crippen molar-refractivity contribution in [1.82, 2.24) is 9.55 Å². The Morgan fingerprint density at radius 1 is 1.53 bits per heavy atom. The van der Waals surface area contributed by atoms with Crippen LogP contribution >= 0.6 is 0 Å². The molecule has 17 heavy (non-hydrogen) atoms. The Morgan fingerprint density at radius 3 is 3.18 bits per heavy atom. The van der Waals surface area contributed by atoms with Gasteiger partial charge in [-0.25, -0.2) is 4.79 Å². The van der Waals surface area contributed by atoms with Crippen molar-refractivity contribution in [1.29, 1.82) is 0 Å². The molecule has 1 aromatic carbocycles. The van der Waals surface area contributed by atoms with Crippen LogP contribution in [0.5, 0.6) is 0 Å². The molecule has 0 amide bonds. The topological polar surface area (TPSA) is 47.0 Å². The van der Waals surface area contributed by atoms with E-state index in [-0.39, 0.29) is 5.69 Å². The number of imidazole rings is 1. The Labute approximate surface area is 99.2 Å². The van der Waals surface area contributed by atoms with Gasteiger partial charge in [0.1, 0.15) is 0 Å². The Morgan fingerprint density at radius 2 is 2.41 bits per heavy atom. The van der Waals surface area contributed by atoms with Crippen molar-refractivity contribution in [2.24, 2.45) is 5.92 Å². The van der Waals surface area contributed by atoms with Gasteiger partial charge in [-0.05, 0) is 31.0 Å². The standard InChI is InChI=1S/C13H16N2O2/c1-9-2-3-12-11(6-9)14-13(16)15(12)7-10-4-5-17-8-10/h2-3,6,10H,4-5,7-8H2,1H3,(H,14,16). The number of nitrogens with zero attached hydrogens (tertiary/aromatic N) is 1. The maximum Gasteiger partial charge on any atom is 0.326 e. The van der Waals surface area contributed by atoms with Gasteiger partial charge in [-0.3, -0.25) is 4.57 Å². The molecule has 3 rings (SSSR count). The van der Waals surface area contributed by atoms with Crippen LogP contribution in [-0.2, 0) is 11.3 Å². The van der Waals surface area contributed by atoms with E-state index in [4.69, 9.17) is 4.74 Å². The molecule has 4 heteroatoms. The van der Waals surface area contributed by atoms with Crippen LogP contribution in [0.4, 0.5) is 0 Å². The molecule has 4 nitrogen and oxygen atoms in total. The zero-order valence-corrected chi connectivity index (χ0v) is 9.90. The summed E-state index contributed by atoms with van der Waals surface area (Å²) in [6.07, 6.45) is 1.05. The molecule has 0 spiro atoms. The van der Waals surface area contributed by atoms with E-state index in [1.54, 1.807) is 0 Å². The average molecular weight is 232 g/mol. The van der Waals surface area contributed by atoms with Gasteiger partial charge in [0.05, 0.1) is 17.6 Å². The summed E-state index contributed by atoms with van der Waals surface area (Å²) in [6.45, 7) is 4.37. The summed E-state index contributed by atoms with van der Waals surface area (Å²) >= 11 is 0. The first-order valence-electron chi connectivity index (χ1n) is 6.01. The van der Waals surface area contributed by atoms with Gasteiger partial charge in [0, 0.05) is 19.1 Å². The second-order valence-electron chi connectivity index (χ2n) is 4.79. The molecule has 0 bridgehead atoms. The second-order valence-corrected chi connectivity index (χ2v) is 4.79. The number of fused-ring (bicyclic) bond motifs is 1. The lowest BCUT2D eigenvalue weighted by atomic mass is 10.1.